The maximum atomic E-state index is 10.6. The van der Waals surface area contributed by atoms with E-state index in [1.807, 2.05) is 11.9 Å². The average Bonchev–Trinajstić information content (AvgIpc) is 3.38. The maximum absolute atomic E-state index is 10.6. The number of carboxylic acids is 1. The van der Waals surface area contributed by atoms with Crippen molar-refractivity contribution in [2.75, 3.05) is 25.6 Å². The number of thiophene rings is 1. The van der Waals surface area contributed by atoms with E-state index < -0.39 is 12.1 Å². The molecule has 1 aliphatic rings. The Labute approximate surface area is 181 Å². The summed E-state index contributed by atoms with van der Waals surface area (Å²) in [6.45, 7) is 3.12. The van der Waals surface area contributed by atoms with Gasteiger partial charge in [0.1, 0.15) is 0 Å². The van der Waals surface area contributed by atoms with Crippen LogP contribution < -0.4 is 5.73 Å². The van der Waals surface area contributed by atoms with Crippen molar-refractivity contribution in [3.05, 3.63) is 52.9 Å². The smallest absolute Gasteiger partial charge is 0.475 e. The summed E-state index contributed by atoms with van der Waals surface area (Å²) in [6, 6.07) is 15.0. The number of carbonyl (C=O) groups is 1. The number of aliphatic carboxylic acids is 1. The lowest BCUT2D eigenvalue weighted by atomic mass is 9.99. The second-order valence-corrected chi connectivity index (χ2v) is 9.06. The summed E-state index contributed by atoms with van der Waals surface area (Å²) in [6.07, 6.45) is 0.463. The summed E-state index contributed by atoms with van der Waals surface area (Å²) in [4.78, 5) is 10.2. The molecular formula is C19H25F3N2O2S3. The van der Waals surface area contributed by atoms with Gasteiger partial charge in [0.05, 0.1) is 4.21 Å². The molecule has 0 amide bonds. The van der Waals surface area contributed by atoms with E-state index in [4.69, 9.17) is 15.6 Å². The van der Waals surface area contributed by atoms with Crippen LogP contribution in [-0.4, -0.2) is 47.2 Å². The number of hydrogen-bond acceptors (Lipinski definition) is 6. The first-order valence-corrected chi connectivity index (χ1v) is 11.9. The highest BCUT2D eigenvalue weighted by atomic mass is 32.2. The summed E-state index contributed by atoms with van der Waals surface area (Å²) >= 11 is 5.40. The van der Waals surface area contributed by atoms with Gasteiger partial charge in [-0.15, -0.1) is 23.1 Å². The maximum Gasteiger partial charge on any atom is 0.490 e. The molecule has 1 fully saturated rings. The molecule has 1 aliphatic heterocycles. The van der Waals surface area contributed by atoms with Gasteiger partial charge in [-0.3, -0.25) is 4.31 Å². The van der Waals surface area contributed by atoms with E-state index in [1.165, 1.54) is 34.2 Å². The third kappa shape index (κ3) is 9.90. The first-order chi connectivity index (χ1) is 13.7. The molecule has 4 nitrogen and oxygen atoms in total. The van der Waals surface area contributed by atoms with Crippen molar-refractivity contribution in [2.24, 2.45) is 5.73 Å². The van der Waals surface area contributed by atoms with Crippen molar-refractivity contribution in [1.29, 1.82) is 0 Å². The van der Waals surface area contributed by atoms with Crippen molar-refractivity contribution in [2.45, 2.75) is 29.3 Å². The van der Waals surface area contributed by atoms with Crippen LogP contribution in [0.3, 0.4) is 0 Å². The van der Waals surface area contributed by atoms with E-state index in [0.717, 1.165) is 5.92 Å². The van der Waals surface area contributed by atoms with E-state index in [0.29, 0.717) is 6.54 Å². The van der Waals surface area contributed by atoms with Gasteiger partial charge in [-0.2, -0.15) is 13.2 Å². The van der Waals surface area contributed by atoms with Gasteiger partial charge < -0.3 is 10.8 Å². The normalized spacial score (nSPS) is 16.4. The molecule has 10 heteroatoms. The summed E-state index contributed by atoms with van der Waals surface area (Å²) in [5.41, 5.74) is 6.92. The molecule has 0 radical (unpaired) electrons. The predicted molar refractivity (Wildman–Crippen MR) is 117 cm³/mol. The summed E-state index contributed by atoms with van der Waals surface area (Å²) in [7, 11) is 0. The van der Waals surface area contributed by atoms with Crippen LogP contribution in [0.25, 0.3) is 0 Å². The summed E-state index contributed by atoms with van der Waals surface area (Å²) in [5.74, 6) is -2.00. The molecule has 0 aliphatic carbocycles. The molecule has 1 saturated heterocycles. The third-order valence-corrected chi connectivity index (χ3v) is 7.00. The van der Waals surface area contributed by atoms with Gasteiger partial charge in [-0.25, -0.2) is 4.79 Å². The summed E-state index contributed by atoms with van der Waals surface area (Å²) < 4.78 is 35.5. The van der Waals surface area contributed by atoms with Crippen molar-refractivity contribution < 1.29 is 23.1 Å². The van der Waals surface area contributed by atoms with Crippen LogP contribution in [0.15, 0.2) is 46.7 Å². The topological polar surface area (TPSA) is 66.6 Å². The third-order valence-electron chi connectivity index (χ3n) is 3.96. The van der Waals surface area contributed by atoms with E-state index >= 15 is 0 Å². The van der Waals surface area contributed by atoms with E-state index in [2.05, 4.69) is 59.3 Å². The SMILES string of the molecule is CSN1CCC(c2ccccc2)C1.CSc1ccc(CN)s1.O=C(O)C(F)(F)F. The zero-order valence-electron chi connectivity index (χ0n) is 16.2. The molecule has 2 heterocycles. The molecular weight excluding hydrogens is 441 g/mol. The van der Waals surface area contributed by atoms with Gasteiger partial charge in [0.25, 0.3) is 0 Å². The average molecular weight is 467 g/mol. The first kappa shape index (κ1) is 25.8. The Kier molecular flexibility index (Phi) is 11.7. The molecule has 1 aromatic carbocycles. The summed E-state index contributed by atoms with van der Waals surface area (Å²) in [5, 5.41) is 7.12. The molecule has 0 spiro atoms. The molecule has 2 aromatic rings. The Hall–Kier alpha value is -1.20. The molecule has 3 rings (SSSR count). The Balaban J connectivity index is 0.000000232. The molecule has 1 unspecified atom stereocenters. The van der Waals surface area contributed by atoms with Crippen LogP contribution in [-0.2, 0) is 11.3 Å². The second-order valence-electron chi connectivity index (χ2n) is 5.90. The number of hydrogen-bond donors (Lipinski definition) is 2. The molecule has 3 N–H and O–H groups in total. The standard InChI is InChI=1S/C11H15NS.C6H9NS2.C2HF3O2/c1-13-12-8-7-11(9-12)10-5-3-2-4-6-10;1-8-6-3-2-5(4-7)9-6;3-2(4,5)1(6)7/h2-6,11H,7-9H2,1H3;2-3H,4,7H2,1H3;(H,6,7). The Morgan fingerprint density at radius 1 is 1.24 bits per heavy atom. The molecule has 0 bridgehead atoms. The van der Waals surface area contributed by atoms with Gasteiger partial charge in [0.15, 0.2) is 0 Å². The van der Waals surface area contributed by atoms with Crippen LogP contribution in [0.5, 0.6) is 0 Å². The lowest BCUT2D eigenvalue weighted by Gasteiger charge is -2.11. The fourth-order valence-corrected chi connectivity index (χ4v) is 4.56. The highest BCUT2D eigenvalue weighted by molar-refractivity contribution is 8.00. The van der Waals surface area contributed by atoms with E-state index in [1.54, 1.807) is 23.1 Å². The lowest BCUT2D eigenvalue weighted by molar-refractivity contribution is -0.192. The van der Waals surface area contributed by atoms with Crippen LogP contribution in [0, 0.1) is 0 Å². The largest absolute Gasteiger partial charge is 0.490 e. The van der Waals surface area contributed by atoms with Crippen LogP contribution in [0.1, 0.15) is 22.8 Å². The lowest BCUT2D eigenvalue weighted by Crippen LogP contribution is -2.21. The molecule has 1 aromatic heterocycles. The number of benzene rings is 1. The molecule has 0 saturated carbocycles. The molecule has 1 atom stereocenters. The van der Waals surface area contributed by atoms with Crippen molar-refractivity contribution in [3.63, 3.8) is 0 Å². The Morgan fingerprint density at radius 3 is 2.24 bits per heavy atom. The molecule has 29 heavy (non-hydrogen) atoms. The Morgan fingerprint density at radius 2 is 1.86 bits per heavy atom. The van der Waals surface area contributed by atoms with Crippen molar-refractivity contribution in [3.8, 4) is 0 Å². The number of nitrogens with zero attached hydrogens (tertiary/aromatic N) is 1. The number of thioether (sulfide) groups is 1. The van der Waals surface area contributed by atoms with Crippen molar-refractivity contribution in [1.82, 2.24) is 4.31 Å². The van der Waals surface area contributed by atoms with Gasteiger partial charge in [-0.05, 0) is 42.5 Å². The minimum Gasteiger partial charge on any atom is -0.475 e. The highest BCUT2D eigenvalue weighted by Gasteiger charge is 2.38. The zero-order valence-corrected chi connectivity index (χ0v) is 18.6. The fraction of sp³-hybridized carbons (Fsp3) is 0.421. The highest BCUT2D eigenvalue weighted by Crippen LogP contribution is 2.29. The van der Waals surface area contributed by atoms with Gasteiger partial charge in [-0.1, -0.05) is 42.3 Å². The van der Waals surface area contributed by atoms with Crippen molar-refractivity contribution >= 4 is 41.0 Å². The first-order valence-electron chi connectivity index (χ1n) is 8.68. The number of halogens is 3. The number of carboxylic acid groups (broad SMARTS) is 1. The van der Waals surface area contributed by atoms with Crippen LogP contribution >= 0.6 is 35.0 Å². The quantitative estimate of drug-likeness (QED) is 0.470. The zero-order chi connectivity index (χ0) is 21.9. The fourth-order valence-electron chi connectivity index (χ4n) is 2.47. The van der Waals surface area contributed by atoms with Gasteiger partial charge >= 0.3 is 12.1 Å². The molecule has 162 valence electrons. The van der Waals surface area contributed by atoms with Gasteiger partial charge in [0, 0.05) is 24.5 Å². The number of rotatable bonds is 4. The monoisotopic (exact) mass is 466 g/mol. The van der Waals surface area contributed by atoms with Crippen LogP contribution in [0.2, 0.25) is 0 Å². The van der Waals surface area contributed by atoms with E-state index in [-0.39, 0.29) is 0 Å². The number of nitrogens with two attached hydrogens (primary N) is 1. The van der Waals surface area contributed by atoms with E-state index in [9.17, 15) is 13.2 Å². The second kappa shape index (κ2) is 13.2. The van der Waals surface area contributed by atoms with Gasteiger partial charge in [0.2, 0.25) is 0 Å². The predicted octanol–water partition coefficient (Wildman–Crippen LogP) is 5.32. The minimum absolute atomic E-state index is 0.672. The number of alkyl halides is 3. The van der Waals surface area contributed by atoms with Crippen LogP contribution in [0.4, 0.5) is 13.2 Å². The minimum atomic E-state index is -5.08. The Bertz CT molecular complexity index is 708.